The molecule has 2 heterocycles. The molecule has 1 fully saturated rings. The van der Waals surface area contributed by atoms with Crippen LogP contribution in [0.25, 0.3) is 0 Å². The fourth-order valence-electron chi connectivity index (χ4n) is 1.27. The van der Waals surface area contributed by atoms with Gasteiger partial charge in [-0.05, 0) is 5.16 Å². The van der Waals surface area contributed by atoms with Crippen molar-refractivity contribution in [1.82, 2.24) is 10.5 Å². The molecule has 1 N–H and O–H groups in total. The lowest BCUT2D eigenvalue weighted by Gasteiger charge is -2.20. The molecule has 2 rings (SSSR count). The van der Waals surface area contributed by atoms with Gasteiger partial charge in [-0.1, -0.05) is 0 Å². The number of hydrogen-bond donors (Lipinski definition) is 1. The predicted molar refractivity (Wildman–Crippen MR) is 44.6 cm³/mol. The minimum Gasteiger partial charge on any atom is -0.479 e. The molecule has 0 saturated carbocycles. The van der Waals surface area contributed by atoms with Crippen molar-refractivity contribution in [2.75, 3.05) is 26.8 Å². The number of methoxy groups -OCH3 is 1. The predicted octanol–water partition coefficient (Wildman–Crippen LogP) is 0.344. The first kappa shape index (κ1) is 8.52. The van der Waals surface area contributed by atoms with Crippen molar-refractivity contribution in [3.8, 4) is 5.88 Å². The third kappa shape index (κ3) is 1.81. The van der Waals surface area contributed by atoms with Crippen LogP contribution in [0.15, 0.2) is 10.6 Å². The third-order valence-corrected chi connectivity index (χ3v) is 1.96. The highest BCUT2D eigenvalue weighted by molar-refractivity contribution is 5.13. The number of nitrogens with one attached hydrogen (secondary N) is 1. The normalized spacial score (nSPS) is 23.0. The van der Waals surface area contributed by atoms with Crippen LogP contribution in [0.3, 0.4) is 0 Å². The van der Waals surface area contributed by atoms with Crippen LogP contribution >= 0.6 is 0 Å². The van der Waals surface area contributed by atoms with Gasteiger partial charge in [-0.3, -0.25) is 0 Å². The summed E-state index contributed by atoms with van der Waals surface area (Å²) in [6.45, 7) is 2.35. The van der Waals surface area contributed by atoms with E-state index in [0.717, 1.165) is 13.1 Å². The van der Waals surface area contributed by atoms with Crippen LogP contribution < -0.4 is 10.1 Å². The van der Waals surface area contributed by atoms with E-state index in [0.29, 0.717) is 18.2 Å². The number of hydrogen-bond acceptors (Lipinski definition) is 5. The highest BCUT2D eigenvalue weighted by atomic mass is 16.5. The zero-order valence-corrected chi connectivity index (χ0v) is 7.45. The average molecular weight is 184 g/mol. The zero-order valence-electron chi connectivity index (χ0n) is 7.45. The van der Waals surface area contributed by atoms with E-state index in [1.54, 1.807) is 13.2 Å². The van der Waals surface area contributed by atoms with Gasteiger partial charge in [0.25, 0.3) is 5.88 Å². The molecule has 1 aliphatic rings. The second kappa shape index (κ2) is 3.76. The van der Waals surface area contributed by atoms with Crippen molar-refractivity contribution in [1.29, 1.82) is 0 Å². The van der Waals surface area contributed by atoms with Gasteiger partial charge in [-0.2, -0.15) is 0 Å². The van der Waals surface area contributed by atoms with E-state index >= 15 is 0 Å². The molecule has 72 valence electrons. The topological polar surface area (TPSA) is 56.5 Å². The minimum absolute atomic E-state index is 0.0369. The van der Waals surface area contributed by atoms with E-state index in [9.17, 15) is 0 Å². The number of nitrogens with zero attached hydrogens (tertiary/aromatic N) is 1. The molecule has 1 saturated heterocycles. The molecule has 0 aromatic carbocycles. The van der Waals surface area contributed by atoms with E-state index in [2.05, 4.69) is 10.5 Å². The second-order valence-electron chi connectivity index (χ2n) is 2.84. The smallest absolute Gasteiger partial charge is 0.254 e. The Bertz CT molecular complexity index is 268. The van der Waals surface area contributed by atoms with Crippen molar-refractivity contribution >= 4 is 0 Å². The van der Waals surface area contributed by atoms with Gasteiger partial charge in [0.2, 0.25) is 0 Å². The lowest BCUT2D eigenvalue weighted by Crippen LogP contribution is -2.33. The molecular formula is C8H12N2O3. The second-order valence-corrected chi connectivity index (χ2v) is 2.84. The van der Waals surface area contributed by atoms with Crippen LogP contribution in [0.2, 0.25) is 0 Å². The molecule has 0 spiro atoms. The van der Waals surface area contributed by atoms with Gasteiger partial charge < -0.3 is 19.3 Å². The van der Waals surface area contributed by atoms with Gasteiger partial charge in [0, 0.05) is 19.2 Å². The Morgan fingerprint density at radius 1 is 1.69 bits per heavy atom. The molecule has 1 aliphatic heterocycles. The van der Waals surface area contributed by atoms with E-state index in [1.165, 1.54) is 0 Å². The Hall–Kier alpha value is -1.07. The van der Waals surface area contributed by atoms with Gasteiger partial charge in [0.1, 0.15) is 6.10 Å². The van der Waals surface area contributed by atoms with Gasteiger partial charge in [0.05, 0.1) is 13.7 Å². The first-order valence-electron chi connectivity index (χ1n) is 4.23. The zero-order chi connectivity index (χ0) is 9.10. The van der Waals surface area contributed by atoms with Gasteiger partial charge in [-0.15, -0.1) is 0 Å². The fraction of sp³-hybridized carbons (Fsp3) is 0.625. The molecule has 13 heavy (non-hydrogen) atoms. The van der Waals surface area contributed by atoms with Crippen molar-refractivity contribution < 1.29 is 14.0 Å². The molecule has 1 aromatic heterocycles. The van der Waals surface area contributed by atoms with E-state index < -0.39 is 0 Å². The van der Waals surface area contributed by atoms with Crippen molar-refractivity contribution in [2.45, 2.75) is 6.10 Å². The largest absolute Gasteiger partial charge is 0.479 e. The Morgan fingerprint density at radius 3 is 3.23 bits per heavy atom. The van der Waals surface area contributed by atoms with E-state index in [4.69, 9.17) is 14.0 Å². The molecule has 5 heteroatoms. The number of rotatable bonds is 2. The first-order chi connectivity index (χ1) is 6.40. The van der Waals surface area contributed by atoms with Gasteiger partial charge in [0.15, 0.2) is 5.76 Å². The summed E-state index contributed by atoms with van der Waals surface area (Å²) >= 11 is 0. The van der Waals surface area contributed by atoms with E-state index in [1.807, 2.05) is 0 Å². The molecule has 0 amide bonds. The van der Waals surface area contributed by atoms with Crippen LogP contribution in [-0.2, 0) is 4.74 Å². The van der Waals surface area contributed by atoms with Crippen molar-refractivity contribution in [3.05, 3.63) is 11.8 Å². The maximum atomic E-state index is 5.47. The van der Waals surface area contributed by atoms with Crippen LogP contribution in [0.4, 0.5) is 0 Å². The first-order valence-corrected chi connectivity index (χ1v) is 4.23. The molecule has 1 atom stereocenters. The van der Waals surface area contributed by atoms with Crippen LogP contribution in [-0.4, -0.2) is 32.0 Å². The van der Waals surface area contributed by atoms with Crippen molar-refractivity contribution in [3.63, 3.8) is 0 Å². The summed E-state index contributed by atoms with van der Waals surface area (Å²) in [7, 11) is 1.56. The number of aromatic nitrogens is 1. The summed E-state index contributed by atoms with van der Waals surface area (Å²) in [4.78, 5) is 0. The monoisotopic (exact) mass is 184 g/mol. The maximum Gasteiger partial charge on any atom is 0.254 e. The SMILES string of the molecule is COc1cc(C2CNCCO2)on1. The highest BCUT2D eigenvalue weighted by Gasteiger charge is 2.20. The summed E-state index contributed by atoms with van der Waals surface area (Å²) < 4.78 is 15.4. The lowest BCUT2D eigenvalue weighted by molar-refractivity contribution is 0.0108. The minimum atomic E-state index is -0.0369. The maximum absolute atomic E-state index is 5.47. The summed E-state index contributed by atoms with van der Waals surface area (Å²) in [5.41, 5.74) is 0. The van der Waals surface area contributed by atoms with Gasteiger partial charge in [-0.25, -0.2) is 0 Å². The Labute approximate surface area is 76.0 Å². The Morgan fingerprint density at radius 2 is 2.62 bits per heavy atom. The van der Waals surface area contributed by atoms with E-state index in [-0.39, 0.29) is 6.10 Å². The molecule has 1 unspecified atom stereocenters. The number of morpholine rings is 1. The molecule has 0 aliphatic carbocycles. The van der Waals surface area contributed by atoms with Crippen LogP contribution in [0.1, 0.15) is 11.9 Å². The molecule has 5 nitrogen and oxygen atoms in total. The molecule has 0 bridgehead atoms. The average Bonchev–Trinajstić information content (AvgIpc) is 2.67. The van der Waals surface area contributed by atoms with Gasteiger partial charge >= 0.3 is 0 Å². The molecule has 0 radical (unpaired) electrons. The van der Waals surface area contributed by atoms with Crippen LogP contribution in [0.5, 0.6) is 5.88 Å². The quantitative estimate of drug-likeness (QED) is 0.718. The Kier molecular flexibility index (Phi) is 2.47. The summed E-state index contributed by atoms with van der Waals surface area (Å²) in [5.74, 6) is 1.20. The summed E-state index contributed by atoms with van der Waals surface area (Å²) in [5, 5.41) is 6.91. The Balaban J connectivity index is 2.05. The van der Waals surface area contributed by atoms with Crippen LogP contribution in [0, 0.1) is 0 Å². The van der Waals surface area contributed by atoms with Crippen molar-refractivity contribution in [2.24, 2.45) is 0 Å². The standard InChI is InChI=1S/C8H12N2O3/c1-11-8-4-6(13-10-8)7-5-9-2-3-12-7/h4,7,9H,2-3,5H2,1H3. The number of ether oxygens (including phenoxy) is 2. The highest BCUT2D eigenvalue weighted by Crippen LogP contribution is 2.21. The summed E-state index contributed by atoms with van der Waals surface area (Å²) in [6, 6.07) is 1.75. The lowest BCUT2D eigenvalue weighted by atomic mass is 10.2. The molecule has 1 aromatic rings. The fourth-order valence-corrected chi connectivity index (χ4v) is 1.27. The third-order valence-electron chi connectivity index (χ3n) is 1.96. The molecular weight excluding hydrogens is 172 g/mol. The summed E-state index contributed by atoms with van der Waals surface area (Å²) in [6.07, 6.45) is -0.0369.